The number of alkyl carbamates (subject to hydrolysis) is 1. The third-order valence-electron chi connectivity index (χ3n) is 2.81. The molecule has 1 saturated heterocycles. The van der Waals surface area contributed by atoms with Crippen LogP contribution in [-0.4, -0.2) is 11.7 Å². The van der Waals surface area contributed by atoms with E-state index in [-0.39, 0.29) is 12.1 Å². The molecule has 1 aliphatic rings. The molecule has 2 rings (SSSR count). The van der Waals surface area contributed by atoms with Gasteiger partial charge in [0.2, 0.25) is 0 Å². The Labute approximate surface area is 89.4 Å². The average molecular weight is 205 g/mol. The van der Waals surface area contributed by atoms with Crippen LogP contribution in [0, 0.1) is 6.92 Å². The maximum Gasteiger partial charge on any atom is 0.408 e. The quantitative estimate of drug-likeness (QED) is 0.765. The average Bonchev–Trinajstić information content (AvgIpc) is 2.40. The molecule has 0 unspecified atom stereocenters. The molecule has 1 fully saturated rings. The molecule has 80 valence electrons. The SMILES string of the molecule is Cc1ccccc1[C@@H]1NC(=O)OC1(C)C. The first-order valence-corrected chi connectivity index (χ1v) is 5.06. The van der Waals surface area contributed by atoms with E-state index in [0.717, 1.165) is 5.56 Å². The van der Waals surface area contributed by atoms with Crippen LogP contribution in [0.1, 0.15) is 31.0 Å². The van der Waals surface area contributed by atoms with Crippen LogP contribution in [0.25, 0.3) is 0 Å². The fourth-order valence-electron chi connectivity index (χ4n) is 1.98. The predicted octanol–water partition coefficient (Wildman–Crippen LogP) is 2.55. The number of carbonyl (C=O) groups excluding carboxylic acids is 1. The zero-order valence-corrected chi connectivity index (χ0v) is 9.20. The second-order valence-electron chi connectivity index (χ2n) is 4.43. The van der Waals surface area contributed by atoms with Gasteiger partial charge in [0.15, 0.2) is 0 Å². The van der Waals surface area contributed by atoms with Gasteiger partial charge in [-0.2, -0.15) is 0 Å². The van der Waals surface area contributed by atoms with Gasteiger partial charge in [0.25, 0.3) is 0 Å². The van der Waals surface area contributed by atoms with Gasteiger partial charge in [-0.15, -0.1) is 0 Å². The normalized spacial score (nSPS) is 23.4. The summed E-state index contributed by atoms with van der Waals surface area (Å²) in [4.78, 5) is 11.2. The number of carbonyl (C=O) groups is 1. The molecule has 0 aliphatic carbocycles. The molecule has 3 nitrogen and oxygen atoms in total. The number of ether oxygens (including phenoxy) is 1. The minimum absolute atomic E-state index is 0.0637. The van der Waals surface area contributed by atoms with Crippen molar-refractivity contribution in [2.45, 2.75) is 32.4 Å². The van der Waals surface area contributed by atoms with Crippen LogP contribution in [0.5, 0.6) is 0 Å². The Hall–Kier alpha value is -1.51. The lowest BCUT2D eigenvalue weighted by molar-refractivity contribution is 0.0683. The lowest BCUT2D eigenvalue weighted by atomic mass is 9.90. The molecule has 0 radical (unpaired) electrons. The van der Waals surface area contributed by atoms with Crippen molar-refractivity contribution in [1.29, 1.82) is 0 Å². The van der Waals surface area contributed by atoms with Crippen molar-refractivity contribution >= 4 is 6.09 Å². The molecule has 1 aromatic rings. The number of amides is 1. The van der Waals surface area contributed by atoms with Crippen LogP contribution >= 0.6 is 0 Å². The molecule has 15 heavy (non-hydrogen) atoms. The zero-order valence-electron chi connectivity index (χ0n) is 9.20. The second kappa shape index (κ2) is 3.26. The summed E-state index contributed by atoms with van der Waals surface area (Å²) in [6, 6.07) is 7.96. The van der Waals surface area contributed by atoms with Gasteiger partial charge >= 0.3 is 6.09 Å². The third-order valence-corrected chi connectivity index (χ3v) is 2.81. The summed E-state index contributed by atoms with van der Waals surface area (Å²) in [5.41, 5.74) is 1.80. The summed E-state index contributed by atoms with van der Waals surface area (Å²) in [7, 11) is 0. The van der Waals surface area contributed by atoms with Gasteiger partial charge in [-0.25, -0.2) is 4.79 Å². The summed E-state index contributed by atoms with van der Waals surface area (Å²) >= 11 is 0. The monoisotopic (exact) mass is 205 g/mol. The van der Waals surface area contributed by atoms with E-state index < -0.39 is 5.60 Å². The number of hydrogen-bond donors (Lipinski definition) is 1. The van der Waals surface area contributed by atoms with Crippen LogP contribution < -0.4 is 5.32 Å². The van der Waals surface area contributed by atoms with E-state index in [0.29, 0.717) is 0 Å². The van der Waals surface area contributed by atoms with Crippen LogP contribution in [0.4, 0.5) is 4.79 Å². The van der Waals surface area contributed by atoms with E-state index in [4.69, 9.17) is 4.74 Å². The van der Waals surface area contributed by atoms with E-state index in [1.807, 2.05) is 45.0 Å². The highest BCUT2D eigenvalue weighted by atomic mass is 16.6. The van der Waals surface area contributed by atoms with Gasteiger partial charge < -0.3 is 10.1 Å². The smallest absolute Gasteiger partial charge is 0.408 e. The van der Waals surface area contributed by atoms with Crippen molar-refractivity contribution in [1.82, 2.24) is 5.32 Å². The van der Waals surface area contributed by atoms with E-state index in [1.54, 1.807) is 0 Å². The van der Waals surface area contributed by atoms with Gasteiger partial charge in [-0.05, 0) is 31.9 Å². The van der Waals surface area contributed by atoms with Crippen LogP contribution in [0.15, 0.2) is 24.3 Å². The molecule has 1 aromatic carbocycles. The fraction of sp³-hybridized carbons (Fsp3) is 0.417. The van der Waals surface area contributed by atoms with Gasteiger partial charge in [0.05, 0.1) is 6.04 Å². The second-order valence-corrected chi connectivity index (χ2v) is 4.43. The third kappa shape index (κ3) is 1.69. The minimum atomic E-state index is -0.483. The van der Waals surface area contributed by atoms with Crippen molar-refractivity contribution in [2.75, 3.05) is 0 Å². The summed E-state index contributed by atoms with van der Waals surface area (Å²) in [5, 5.41) is 2.84. The number of aryl methyl sites for hydroxylation is 1. The molecule has 1 N–H and O–H groups in total. The Bertz CT molecular complexity index is 398. The standard InChI is InChI=1S/C12H15NO2/c1-8-6-4-5-7-9(8)10-12(2,3)15-11(14)13-10/h4-7,10H,1-3H3,(H,13,14)/t10-/m0/s1. The largest absolute Gasteiger partial charge is 0.441 e. The molecule has 1 aliphatic heterocycles. The first-order valence-electron chi connectivity index (χ1n) is 5.06. The predicted molar refractivity (Wildman–Crippen MR) is 57.6 cm³/mol. The van der Waals surface area contributed by atoms with Crippen LogP contribution in [0.3, 0.4) is 0 Å². The summed E-state index contributed by atoms with van der Waals surface area (Å²) in [5.74, 6) is 0. The minimum Gasteiger partial charge on any atom is -0.441 e. The van der Waals surface area contributed by atoms with E-state index >= 15 is 0 Å². The highest BCUT2D eigenvalue weighted by Gasteiger charge is 2.42. The maximum atomic E-state index is 11.2. The summed E-state index contributed by atoms with van der Waals surface area (Å²) in [6.45, 7) is 5.87. The van der Waals surface area contributed by atoms with Crippen molar-refractivity contribution in [3.63, 3.8) is 0 Å². The highest BCUT2D eigenvalue weighted by Crippen LogP contribution is 2.34. The Morgan fingerprint density at radius 1 is 1.33 bits per heavy atom. The number of nitrogens with one attached hydrogen (secondary N) is 1. The molecule has 0 spiro atoms. The highest BCUT2D eigenvalue weighted by molar-refractivity contribution is 5.71. The van der Waals surface area contributed by atoms with Crippen molar-refractivity contribution < 1.29 is 9.53 Å². The maximum absolute atomic E-state index is 11.2. The fourth-order valence-corrected chi connectivity index (χ4v) is 1.98. The Morgan fingerprint density at radius 2 is 2.00 bits per heavy atom. The number of rotatable bonds is 1. The summed E-state index contributed by atoms with van der Waals surface area (Å²) in [6.07, 6.45) is -0.340. The Morgan fingerprint density at radius 3 is 2.53 bits per heavy atom. The van der Waals surface area contributed by atoms with E-state index in [1.165, 1.54) is 5.56 Å². The molecule has 1 heterocycles. The molecule has 0 saturated carbocycles. The Balaban J connectivity index is 2.40. The van der Waals surface area contributed by atoms with Crippen LogP contribution in [-0.2, 0) is 4.74 Å². The van der Waals surface area contributed by atoms with Gasteiger partial charge in [0, 0.05) is 0 Å². The number of hydrogen-bond acceptors (Lipinski definition) is 2. The van der Waals surface area contributed by atoms with E-state index in [9.17, 15) is 4.79 Å². The molecule has 1 atom stereocenters. The molecule has 3 heteroatoms. The molecule has 1 amide bonds. The van der Waals surface area contributed by atoms with Crippen LogP contribution in [0.2, 0.25) is 0 Å². The van der Waals surface area contributed by atoms with Gasteiger partial charge in [-0.3, -0.25) is 0 Å². The molecular weight excluding hydrogens is 190 g/mol. The van der Waals surface area contributed by atoms with Gasteiger partial charge in [-0.1, -0.05) is 24.3 Å². The van der Waals surface area contributed by atoms with Crippen molar-refractivity contribution in [3.05, 3.63) is 35.4 Å². The summed E-state index contributed by atoms with van der Waals surface area (Å²) < 4.78 is 5.22. The zero-order chi connectivity index (χ0) is 11.1. The number of cyclic esters (lactones) is 1. The lowest BCUT2D eigenvalue weighted by Gasteiger charge is -2.25. The lowest BCUT2D eigenvalue weighted by Crippen LogP contribution is -2.30. The van der Waals surface area contributed by atoms with Gasteiger partial charge in [0.1, 0.15) is 5.60 Å². The van der Waals surface area contributed by atoms with Crippen molar-refractivity contribution in [2.24, 2.45) is 0 Å². The Kier molecular flexibility index (Phi) is 2.18. The molecule has 0 aromatic heterocycles. The van der Waals surface area contributed by atoms with Crippen molar-refractivity contribution in [3.8, 4) is 0 Å². The molecule has 0 bridgehead atoms. The topological polar surface area (TPSA) is 38.3 Å². The first-order chi connectivity index (χ1) is 7.00. The number of benzene rings is 1. The van der Waals surface area contributed by atoms with E-state index in [2.05, 4.69) is 5.32 Å². The molecular formula is C12H15NO2. The first kappa shape index (κ1) is 10.0.